The number of esters is 1. The molecule has 0 aromatic carbocycles. The van der Waals surface area contributed by atoms with Crippen LogP contribution in [-0.2, 0) is 20.8 Å². The topological polar surface area (TPSA) is 82.4 Å². The minimum atomic E-state index is -0.572. The van der Waals surface area contributed by atoms with E-state index in [1.165, 1.54) is 13.3 Å². The average molecular weight is 316 g/mol. The standard InChI is InChI=1S/C13H18ClN3O4/c1-3-4-6-21-7-5-15-10-8-16-17(9-11(18)20-2)13(19)12(10)14/h3,8,15H,1,4-7,9H2,2H3. The molecule has 1 aromatic rings. The van der Waals surface area contributed by atoms with Gasteiger partial charge in [-0.25, -0.2) is 4.68 Å². The van der Waals surface area contributed by atoms with Crippen molar-refractivity contribution in [3.63, 3.8) is 0 Å². The van der Waals surface area contributed by atoms with Crippen LogP contribution >= 0.6 is 11.6 Å². The zero-order chi connectivity index (χ0) is 15.7. The van der Waals surface area contributed by atoms with E-state index in [1.54, 1.807) is 6.08 Å². The summed E-state index contributed by atoms with van der Waals surface area (Å²) in [6.07, 6.45) is 3.94. The predicted molar refractivity (Wildman–Crippen MR) is 79.6 cm³/mol. The molecule has 8 heteroatoms. The van der Waals surface area contributed by atoms with Crippen molar-refractivity contribution >= 4 is 23.3 Å². The Balaban J connectivity index is 2.57. The maximum Gasteiger partial charge on any atom is 0.327 e. The number of hydrogen-bond acceptors (Lipinski definition) is 6. The number of methoxy groups -OCH3 is 1. The lowest BCUT2D eigenvalue weighted by molar-refractivity contribution is -0.141. The van der Waals surface area contributed by atoms with Gasteiger partial charge in [-0.3, -0.25) is 9.59 Å². The van der Waals surface area contributed by atoms with E-state index in [0.717, 1.165) is 11.1 Å². The summed E-state index contributed by atoms with van der Waals surface area (Å²) in [4.78, 5) is 23.0. The molecular formula is C13H18ClN3O4. The smallest absolute Gasteiger partial charge is 0.327 e. The fourth-order valence-corrected chi connectivity index (χ4v) is 1.63. The second kappa shape index (κ2) is 9.15. The second-order valence-electron chi connectivity index (χ2n) is 4.03. The second-order valence-corrected chi connectivity index (χ2v) is 4.41. The van der Waals surface area contributed by atoms with Crippen LogP contribution in [0, 0.1) is 0 Å². The van der Waals surface area contributed by atoms with Crippen LogP contribution in [0.5, 0.6) is 0 Å². The van der Waals surface area contributed by atoms with Crippen LogP contribution in [0.4, 0.5) is 5.69 Å². The Hall–Kier alpha value is -1.86. The first-order valence-corrected chi connectivity index (χ1v) is 6.73. The van der Waals surface area contributed by atoms with E-state index in [0.29, 0.717) is 25.4 Å². The molecule has 1 aromatic heterocycles. The van der Waals surface area contributed by atoms with Crippen LogP contribution in [-0.4, -0.2) is 42.6 Å². The van der Waals surface area contributed by atoms with E-state index in [1.807, 2.05) is 0 Å². The Morgan fingerprint density at radius 2 is 2.33 bits per heavy atom. The van der Waals surface area contributed by atoms with E-state index >= 15 is 0 Å². The number of anilines is 1. The highest BCUT2D eigenvalue weighted by Gasteiger charge is 2.11. The third-order valence-corrected chi connectivity index (χ3v) is 2.88. The summed E-state index contributed by atoms with van der Waals surface area (Å²) in [6.45, 7) is 4.86. The molecule has 0 saturated carbocycles. The number of rotatable bonds is 9. The lowest BCUT2D eigenvalue weighted by Crippen LogP contribution is -2.28. The van der Waals surface area contributed by atoms with Crippen LogP contribution < -0.4 is 10.9 Å². The van der Waals surface area contributed by atoms with Gasteiger partial charge >= 0.3 is 5.97 Å². The molecular weight excluding hydrogens is 298 g/mol. The summed E-state index contributed by atoms with van der Waals surface area (Å²) < 4.78 is 10.7. The number of carbonyl (C=O) groups is 1. The van der Waals surface area contributed by atoms with Crippen molar-refractivity contribution in [2.75, 3.05) is 32.2 Å². The SMILES string of the molecule is C=CCCOCCNc1cnn(CC(=O)OC)c(=O)c1Cl. The molecule has 1 rings (SSSR count). The van der Waals surface area contributed by atoms with E-state index in [4.69, 9.17) is 16.3 Å². The van der Waals surface area contributed by atoms with Crippen molar-refractivity contribution in [2.45, 2.75) is 13.0 Å². The van der Waals surface area contributed by atoms with E-state index in [2.05, 4.69) is 21.7 Å². The molecule has 1 N–H and O–H groups in total. The number of nitrogens with one attached hydrogen (secondary N) is 1. The van der Waals surface area contributed by atoms with Crippen molar-refractivity contribution in [3.8, 4) is 0 Å². The number of ether oxygens (including phenoxy) is 2. The van der Waals surface area contributed by atoms with Gasteiger partial charge in [-0.05, 0) is 6.42 Å². The quantitative estimate of drug-likeness (QED) is 0.417. The molecule has 0 saturated heterocycles. The van der Waals surface area contributed by atoms with Crippen LogP contribution in [0.25, 0.3) is 0 Å². The third-order valence-electron chi connectivity index (χ3n) is 2.52. The maximum atomic E-state index is 11.9. The van der Waals surface area contributed by atoms with Crippen LogP contribution in [0.15, 0.2) is 23.6 Å². The van der Waals surface area contributed by atoms with Gasteiger partial charge in [-0.2, -0.15) is 5.10 Å². The fourth-order valence-electron chi connectivity index (χ4n) is 1.41. The first-order valence-electron chi connectivity index (χ1n) is 6.35. The highest BCUT2D eigenvalue weighted by Crippen LogP contribution is 2.14. The van der Waals surface area contributed by atoms with Crippen LogP contribution in [0.3, 0.4) is 0 Å². The van der Waals surface area contributed by atoms with Gasteiger partial charge in [0.2, 0.25) is 0 Å². The Morgan fingerprint density at radius 3 is 3.00 bits per heavy atom. The molecule has 0 aliphatic rings. The molecule has 0 amide bonds. The maximum absolute atomic E-state index is 11.9. The highest BCUT2D eigenvalue weighted by atomic mass is 35.5. The molecule has 0 atom stereocenters. The summed E-state index contributed by atoms with van der Waals surface area (Å²) in [6, 6.07) is 0. The third kappa shape index (κ3) is 5.57. The Bertz CT molecular complexity index is 545. The minimum Gasteiger partial charge on any atom is -0.468 e. The molecule has 0 aliphatic heterocycles. The van der Waals surface area contributed by atoms with E-state index in [-0.39, 0.29) is 11.6 Å². The molecule has 0 radical (unpaired) electrons. The van der Waals surface area contributed by atoms with E-state index in [9.17, 15) is 9.59 Å². The highest BCUT2D eigenvalue weighted by molar-refractivity contribution is 6.32. The van der Waals surface area contributed by atoms with Gasteiger partial charge in [0, 0.05) is 6.54 Å². The van der Waals surface area contributed by atoms with Crippen LogP contribution in [0.2, 0.25) is 5.02 Å². The summed E-state index contributed by atoms with van der Waals surface area (Å²) in [7, 11) is 1.23. The number of carbonyl (C=O) groups excluding carboxylic acids is 1. The van der Waals surface area contributed by atoms with Gasteiger partial charge in [0.05, 0.1) is 32.2 Å². The summed E-state index contributed by atoms with van der Waals surface area (Å²) in [5.74, 6) is -0.572. The number of aromatic nitrogens is 2. The summed E-state index contributed by atoms with van der Waals surface area (Å²) in [5, 5.41) is 6.78. The molecule has 0 aliphatic carbocycles. The van der Waals surface area contributed by atoms with Gasteiger partial charge in [0.25, 0.3) is 5.56 Å². The first kappa shape index (κ1) is 17.2. The molecule has 0 spiro atoms. The van der Waals surface area contributed by atoms with Gasteiger partial charge in [-0.15, -0.1) is 6.58 Å². The zero-order valence-corrected chi connectivity index (χ0v) is 12.6. The number of nitrogens with zero attached hydrogens (tertiary/aromatic N) is 2. The number of hydrogen-bond donors (Lipinski definition) is 1. The fraction of sp³-hybridized carbons (Fsp3) is 0.462. The Labute approximate surface area is 127 Å². The Morgan fingerprint density at radius 1 is 1.57 bits per heavy atom. The van der Waals surface area contributed by atoms with Gasteiger partial charge < -0.3 is 14.8 Å². The van der Waals surface area contributed by atoms with Gasteiger partial charge in [0.15, 0.2) is 0 Å². The van der Waals surface area contributed by atoms with Crippen LogP contribution in [0.1, 0.15) is 6.42 Å². The first-order chi connectivity index (χ1) is 10.1. The lowest BCUT2D eigenvalue weighted by atomic mass is 10.4. The van der Waals surface area contributed by atoms with E-state index < -0.39 is 11.5 Å². The monoisotopic (exact) mass is 315 g/mol. The molecule has 0 bridgehead atoms. The normalized spacial score (nSPS) is 10.2. The lowest BCUT2D eigenvalue weighted by Gasteiger charge is -2.10. The molecule has 0 unspecified atom stereocenters. The van der Waals surface area contributed by atoms with Crippen molar-refractivity contribution < 1.29 is 14.3 Å². The molecule has 7 nitrogen and oxygen atoms in total. The molecule has 21 heavy (non-hydrogen) atoms. The van der Waals surface area contributed by atoms with Crippen molar-refractivity contribution in [3.05, 3.63) is 34.2 Å². The van der Waals surface area contributed by atoms with Crippen molar-refractivity contribution in [1.29, 1.82) is 0 Å². The summed E-state index contributed by atoms with van der Waals surface area (Å²) in [5.41, 5.74) is -0.158. The summed E-state index contributed by atoms with van der Waals surface area (Å²) >= 11 is 5.95. The van der Waals surface area contributed by atoms with Gasteiger partial charge in [0.1, 0.15) is 11.6 Å². The number of halogens is 1. The predicted octanol–water partition coefficient (Wildman–Crippen LogP) is 1.07. The van der Waals surface area contributed by atoms with Crippen molar-refractivity contribution in [2.24, 2.45) is 0 Å². The average Bonchev–Trinajstić information content (AvgIpc) is 2.49. The zero-order valence-electron chi connectivity index (χ0n) is 11.8. The molecule has 1 heterocycles. The molecule has 116 valence electrons. The Kier molecular flexibility index (Phi) is 7.49. The van der Waals surface area contributed by atoms with Gasteiger partial charge in [-0.1, -0.05) is 17.7 Å². The van der Waals surface area contributed by atoms with Crippen molar-refractivity contribution in [1.82, 2.24) is 9.78 Å². The minimum absolute atomic E-state index is 0.0278. The molecule has 0 fully saturated rings. The largest absolute Gasteiger partial charge is 0.468 e.